The Bertz CT molecular complexity index is 1360. The number of rotatable bonds is 12. The number of ether oxygens (including phenoxy) is 2. The van der Waals surface area contributed by atoms with Crippen molar-refractivity contribution in [3.63, 3.8) is 0 Å². The summed E-state index contributed by atoms with van der Waals surface area (Å²) < 4.78 is 26.5. The van der Waals surface area contributed by atoms with E-state index in [1.54, 1.807) is 42.6 Å². The lowest BCUT2D eigenvalue weighted by atomic mass is 9.91. The first-order valence-electron chi connectivity index (χ1n) is 13.7. The van der Waals surface area contributed by atoms with E-state index in [4.69, 9.17) is 9.47 Å². The van der Waals surface area contributed by atoms with Crippen molar-refractivity contribution in [2.75, 3.05) is 7.11 Å². The SMILES string of the molecule is COc1cc(-c2cc(F)c(C(=O)Oc3cccc([C@@H](CC(=O)O)C4CC4)c3)cc2CN(C(C)C)C(C)C)ccn1. The summed E-state index contributed by atoms with van der Waals surface area (Å²) in [5.74, 6) is -1.54. The van der Waals surface area contributed by atoms with Crippen molar-refractivity contribution in [1.82, 2.24) is 9.88 Å². The second kappa shape index (κ2) is 12.6. The number of benzene rings is 2. The normalized spacial score (nSPS) is 14.0. The number of hydrogen-bond donors (Lipinski definition) is 1. The first-order chi connectivity index (χ1) is 19.1. The number of carbonyl (C=O) groups is 2. The second-order valence-corrected chi connectivity index (χ2v) is 10.9. The number of halogens is 1. The number of aromatic nitrogens is 1. The van der Waals surface area contributed by atoms with Gasteiger partial charge in [0.05, 0.1) is 19.1 Å². The summed E-state index contributed by atoms with van der Waals surface area (Å²) in [5, 5.41) is 9.37. The minimum absolute atomic E-state index is 0.0174. The van der Waals surface area contributed by atoms with Crippen LogP contribution in [0.1, 0.15) is 74.4 Å². The Morgan fingerprint density at radius 2 is 1.80 bits per heavy atom. The molecule has 0 bridgehead atoms. The Kier molecular flexibility index (Phi) is 9.20. The van der Waals surface area contributed by atoms with Crippen LogP contribution >= 0.6 is 0 Å². The fourth-order valence-corrected chi connectivity index (χ4v) is 5.23. The molecule has 40 heavy (non-hydrogen) atoms. The van der Waals surface area contributed by atoms with Crippen LogP contribution in [0.3, 0.4) is 0 Å². The number of nitrogens with zero attached hydrogens (tertiary/aromatic N) is 2. The van der Waals surface area contributed by atoms with E-state index in [-0.39, 0.29) is 35.7 Å². The number of carbonyl (C=O) groups excluding carboxylic acids is 1. The summed E-state index contributed by atoms with van der Waals surface area (Å²) in [6.07, 6.45) is 3.58. The smallest absolute Gasteiger partial charge is 0.346 e. The average Bonchev–Trinajstić information content (AvgIpc) is 3.76. The van der Waals surface area contributed by atoms with Crippen molar-refractivity contribution in [1.29, 1.82) is 0 Å². The molecule has 0 spiro atoms. The van der Waals surface area contributed by atoms with Gasteiger partial charge in [-0.3, -0.25) is 9.69 Å². The van der Waals surface area contributed by atoms with Crippen LogP contribution in [0.25, 0.3) is 11.1 Å². The summed E-state index contributed by atoms with van der Waals surface area (Å²) in [6, 6.07) is 13.8. The van der Waals surface area contributed by atoms with Crippen LogP contribution in [0, 0.1) is 11.7 Å². The predicted molar refractivity (Wildman–Crippen MR) is 151 cm³/mol. The number of aliphatic carboxylic acids is 1. The molecule has 0 unspecified atom stereocenters. The lowest BCUT2D eigenvalue weighted by molar-refractivity contribution is -0.137. The summed E-state index contributed by atoms with van der Waals surface area (Å²) in [7, 11) is 1.52. The van der Waals surface area contributed by atoms with E-state index in [0.29, 0.717) is 23.9 Å². The van der Waals surface area contributed by atoms with Gasteiger partial charge in [-0.25, -0.2) is 14.2 Å². The lowest BCUT2D eigenvalue weighted by Gasteiger charge is -2.31. The highest BCUT2D eigenvalue weighted by atomic mass is 19.1. The summed E-state index contributed by atoms with van der Waals surface area (Å²) in [4.78, 5) is 31.1. The van der Waals surface area contributed by atoms with Gasteiger partial charge in [-0.1, -0.05) is 12.1 Å². The van der Waals surface area contributed by atoms with Gasteiger partial charge in [0.1, 0.15) is 11.6 Å². The van der Waals surface area contributed by atoms with E-state index in [2.05, 4.69) is 37.6 Å². The molecule has 1 heterocycles. The molecule has 0 amide bonds. The number of pyridine rings is 1. The standard InChI is InChI=1S/C32H37FN2O5/c1-19(2)35(20(3)4)18-24-14-28(29(33)16-26(24)23-11-12-34-30(15-23)39-5)32(38)40-25-8-6-7-22(13-25)27(17-31(36)37)21-9-10-21/h6-8,11-16,19-21,27H,9-10,17-18H2,1-5H3,(H,36,37)/t27-/m0/s1. The molecule has 4 rings (SSSR count). The Morgan fingerprint density at radius 1 is 1.07 bits per heavy atom. The fourth-order valence-electron chi connectivity index (χ4n) is 5.23. The molecule has 1 atom stereocenters. The molecule has 7 nitrogen and oxygen atoms in total. The Labute approximate surface area is 235 Å². The third-order valence-corrected chi connectivity index (χ3v) is 7.43. The zero-order chi connectivity index (χ0) is 29.0. The molecule has 1 aliphatic carbocycles. The zero-order valence-corrected chi connectivity index (χ0v) is 23.7. The van der Waals surface area contributed by atoms with Gasteiger partial charge in [-0.2, -0.15) is 0 Å². The van der Waals surface area contributed by atoms with Gasteiger partial charge in [0.25, 0.3) is 0 Å². The second-order valence-electron chi connectivity index (χ2n) is 10.9. The molecule has 1 N–H and O–H groups in total. The summed E-state index contributed by atoms with van der Waals surface area (Å²) in [5.41, 5.74) is 2.78. The van der Waals surface area contributed by atoms with Crippen molar-refractivity contribution < 1.29 is 28.6 Å². The molecule has 1 aliphatic rings. The predicted octanol–water partition coefficient (Wildman–Crippen LogP) is 6.70. The van der Waals surface area contributed by atoms with E-state index < -0.39 is 17.8 Å². The van der Waals surface area contributed by atoms with Gasteiger partial charge in [0.2, 0.25) is 5.88 Å². The first kappa shape index (κ1) is 29.2. The molecule has 1 saturated carbocycles. The van der Waals surface area contributed by atoms with Crippen LogP contribution in [-0.4, -0.2) is 46.1 Å². The maximum atomic E-state index is 15.5. The summed E-state index contributed by atoms with van der Waals surface area (Å²) >= 11 is 0. The van der Waals surface area contributed by atoms with Crippen LogP contribution in [0.5, 0.6) is 11.6 Å². The van der Waals surface area contributed by atoms with Gasteiger partial charge < -0.3 is 14.6 Å². The lowest BCUT2D eigenvalue weighted by Crippen LogP contribution is -2.36. The number of hydrogen-bond acceptors (Lipinski definition) is 6. The van der Waals surface area contributed by atoms with Crippen molar-refractivity contribution in [3.05, 3.63) is 77.2 Å². The summed E-state index contributed by atoms with van der Waals surface area (Å²) in [6.45, 7) is 8.88. The van der Waals surface area contributed by atoms with Gasteiger partial charge in [-0.05, 0) is 105 Å². The van der Waals surface area contributed by atoms with Gasteiger partial charge in [0.15, 0.2) is 0 Å². The highest BCUT2D eigenvalue weighted by molar-refractivity contribution is 5.92. The maximum absolute atomic E-state index is 15.5. The van der Waals surface area contributed by atoms with Gasteiger partial charge in [0, 0.05) is 30.9 Å². The van der Waals surface area contributed by atoms with Gasteiger partial charge >= 0.3 is 11.9 Å². The van der Waals surface area contributed by atoms with E-state index in [9.17, 15) is 14.7 Å². The highest BCUT2D eigenvalue weighted by Gasteiger charge is 2.34. The fraction of sp³-hybridized carbons (Fsp3) is 0.406. The quantitative estimate of drug-likeness (QED) is 0.199. The third kappa shape index (κ3) is 7.04. The largest absolute Gasteiger partial charge is 0.481 e. The van der Waals surface area contributed by atoms with Crippen LogP contribution in [0.15, 0.2) is 54.7 Å². The molecule has 0 radical (unpaired) electrons. The Balaban J connectivity index is 1.68. The Hall–Kier alpha value is -3.78. The van der Waals surface area contributed by atoms with E-state index in [1.165, 1.54) is 13.2 Å². The molecule has 212 valence electrons. The first-order valence-corrected chi connectivity index (χ1v) is 13.7. The van der Waals surface area contributed by atoms with Crippen LogP contribution in [0.2, 0.25) is 0 Å². The number of esters is 1. The van der Waals surface area contributed by atoms with E-state index >= 15 is 4.39 Å². The van der Waals surface area contributed by atoms with Crippen LogP contribution in [-0.2, 0) is 11.3 Å². The average molecular weight is 549 g/mol. The number of methoxy groups -OCH3 is 1. The Morgan fingerprint density at radius 3 is 2.42 bits per heavy atom. The van der Waals surface area contributed by atoms with Gasteiger partial charge in [-0.15, -0.1) is 0 Å². The molecule has 0 saturated heterocycles. The maximum Gasteiger partial charge on any atom is 0.346 e. The highest BCUT2D eigenvalue weighted by Crippen LogP contribution is 2.45. The van der Waals surface area contributed by atoms with Crippen molar-refractivity contribution in [3.8, 4) is 22.8 Å². The minimum atomic E-state index is -0.863. The zero-order valence-electron chi connectivity index (χ0n) is 23.7. The molecule has 0 aliphatic heterocycles. The van der Waals surface area contributed by atoms with E-state index in [0.717, 1.165) is 29.5 Å². The third-order valence-electron chi connectivity index (χ3n) is 7.43. The molecule has 3 aromatic rings. The minimum Gasteiger partial charge on any atom is -0.481 e. The van der Waals surface area contributed by atoms with Crippen molar-refractivity contribution >= 4 is 11.9 Å². The molecular weight excluding hydrogens is 511 g/mol. The number of carboxylic acids is 1. The van der Waals surface area contributed by atoms with Crippen LogP contribution < -0.4 is 9.47 Å². The monoisotopic (exact) mass is 548 g/mol. The molecule has 8 heteroatoms. The van der Waals surface area contributed by atoms with Crippen molar-refractivity contribution in [2.24, 2.45) is 5.92 Å². The number of carboxylic acid groups (broad SMARTS) is 1. The van der Waals surface area contributed by atoms with Crippen molar-refractivity contribution in [2.45, 2.75) is 71.5 Å². The molecular formula is C32H37FN2O5. The molecule has 1 fully saturated rings. The van der Waals surface area contributed by atoms with E-state index in [1.807, 2.05) is 6.07 Å². The molecule has 1 aromatic heterocycles. The van der Waals surface area contributed by atoms with Crippen LogP contribution in [0.4, 0.5) is 4.39 Å². The topological polar surface area (TPSA) is 89.0 Å². The molecule has 2 aromatic carbocycles.